The number of ketones is 1. The number of benzene rings is 1. The van der Waals surface area contributed by atoms with Crippen LogP contribution in [0.25, 0.3) is 10.2 Å². The molecule has 0 aliphatic carbocycles. The number of methoxy groups -OCH3 is 2. The monoisotopic (exact) mass is 535 g/mol. The van der Waals surface area contributed by atoms with E-state index in [2.05, 4.69) is 22.2 Å². The lowest BCUT2D eigenvalue weighted by molar-refractivity contribution is -0.117. The third-order valence-electron chi connectivity index (χ3n) is 5.61. The van der Waals surface area contributed by atoms with Crippen LogP contribution in [-0.2, 0) is 9.53 Å². The fraction of sp³-hybridized carbons (Fsp3) is 0.292. The standard InChI is InChI=1S/C24H23Cl2N3O5S/c1-4-19(30)28-13-7-8-34-11-14(13)27-18-6-5-12-9-17(35-24(12)29-18)23(31)20-21(25)15(32-2)10-16(33-3)22(20)26/h4-6,9-10,13-14H,1,7-8,11H2,2-3H3,(H,27,29)(H,28,30). The fourth-order valence-corrected chi connectivity index (χ4v) is 5.45. The van der Waals surface area contributed by atoms with E-state index in [4.69, 9.17) is 37.4 Å². The maximum atomic E-state index is 13.4. The van der Waals surface area contributed by atoms with E-state index in [0.717, 1.165) is 5.39 Å². The van der Waals surface area contributed by atoms with Crippen LogP contribution < -0.4 is 20.1 Å². The number of amides is 1. The molecule has 1 aromatic carbocycles. The van der Waals surface area contributed by atoms with E-state index in [9.17, 15) is 9.59 Å². The molecule has 1 aliphatic rings. The molecule has 184 valence electrons. The normalized spacial score (nSPS) is 17.6. The van der Waals surface area contributed by atoms with Gasteiger partial charge in [-0.15, -0.1) is 11.3 Å². The molecule has 0 radical (unpaired) electrons. The van der Waals surface area contributed by atoms with Crippen molar-refractivity contribution in [2.24, 2.45) is 0 Å². The predicted molar refractivity (Wildman–Crippen MR) is 138 cm³/mol. The van der Waals surface area contributed by atoms with E-state index in [1.165, 1.54) is 37.7 Å². The van der Waals surface area contributed by atoms with Gasteiger partial charge in [-0.1, -0.05) is 29.8 Å². The number of carbonyl (C=O) groups excluding carboxylic acids is 2. The number of nitrogens with one attached hydrogen (secondary N) is 2. The molecule has 2 atom stereocenters. The second kappa shape index (κ2) is 10.8. The van der Waals surface area contributed by atoms with Crippen LogP contribution in [0.2, 0.25) is 10.0 Å². The summed E-state index contributed by atoms with van der Waals surface area (Å²) in [6.45, 7) is 4.49. The number of carbonyl (C=O) groups is 2. The second-order valence-electron chi connectivity index (χ2n) is 7.75. The highest BCUT2D eigenvalue weighted by Gasteiger charge is 2.28. The van der Waals surface area contributed by atoms with Crippen molar-refractivity contribution in [2.45, 2.75) is 18.5 Å². The first-order valence-electron chi connectivity index (χ1n) is 10.7. The number of rotatable bonds is 8. The van der Waals surface area contributed by atoms with Gasteiger partial charge < -0.3 is 24.8 Å². The van der Waals surface area contributed by atoms with Gasteiger partial charge in [-0.25, -0.2) is 4.98 Å². The molecular formula is C24H23Cl2N3O5S. The van der Waals surface area contributed by atoms with Crippen LogP contribution in [0.5, 0.6) is 11.5 Å². The first kappa shape index (κ1) is 25.2. The SMILES string of the molecule is C=CC(=O)NC1CCOCC1Nc1ccc2cc(C(=O)c3c(Cl)c(OC)cc(OC)c3Cl)sc2n1. The number of ether oxygens (including phenoxy) is 3. The van der Waals surface area contributed by atoms with Crippen molar-refractivity contribution in [3.05, 3.63) is 57.4 Å². The van der Waals surface area contributed by atoms with Gasteiger partial charge in [0.05, 0.1) is 53.4 Å². The Balaban J connectivity index is 1.62. The van der Waals surface area contributed by atoms with E-state index in [1.54, 1.807) is 6.07 Å². The summed E-state index contributed by atoms with van der Waals surface area (Å²) in [7, 11) is 2.90. The molecule has 1 amide bonds. The Labute approximate surface area is 216 Å². The Bertz CT molecular complexity index is 1270. The second-order valence-corrected chi connectivity index (χ2v) is 9.53. The molecule has 2 unspecified atom stereocenters. The molecular weight excluding hydrogens is 513 g/mol. The molecule has 0 saturated carbocycles. The Kier molecular flexibility index (Phi) is 7.81. The van der Waals surface area contributed by atoms with Crippen LogP contribution in [0, 0.1) is 0 Å². The van der Waals surface area contributed by atoms with Gasteiger partial charge in [-0.05, 0) is 30.7 Å². The minimum absolute atomic E-state index is 0.106. The summed E-state index contributed by atoms with van der Waals surface area (Å²) < 4.78 is 16.1. The van der Waals surface area contributed by atoms with Crippen LogP contribution in [0.3, 0.4) is 0 Å². The molecule has 4 rings (SSSR count). The molecule has 11 heteroatoms. The minimum Gasteiger partial charge on any atom is -0.495 e. The van der Waals surface area contributed by atoms with Gasteiger partial charge in [0.15, 0.2) is 0 Å². The molecule has 0 spiro atoms. The first-order chi connectivity index (χ1) is 16.9. The highest BCUT2D eigenvalue weighted by atomic mass is 35.5. The Morgan fingerprint density at radius 1 is 1.17 bits per heavy atom. The van der Waals surface area contributed by atoms with Gasteiger partial charge >= 0.3 is 0 Å². The van der Waals surface area contributed by atoms with Crippen LogP contribution in [0.15, 0.2) is 36.9 Å². The smallest absolute Gasteiger partial charge is 0.243 e. The van der Waals surface area contributed by atoms with Crippen molar-refractivity contribution in [1.29, 1.82) is 0 Å². The summed E-state index contributed by atoms with van der Waals surface area (Å²) in [5.74, 6) is 0.581. The van der Waals surface area contributed by atoms with E-state index < -0.39 is 0 Å². The maximum absolute atomic E-state index is 13.4. The lowest BCUT2D eigenvalue weighted by Gasteiger charge is -2.32. The van der Waals surface area contributed by atoms with E-state index in [1.807, 2.05) is 12.1 Å². The van der Waals surface area contributed by atoms with Crippen LogP contribution in [0.4, 0.5) is 5.82 Å². The third kappa shape index (κ3) is 5.23. The number of pyridine rings is 1. The van der Waals surface area contributed by atoms with Crippen molar-refractivity contribution in [3.8, 4) is 11.5 Å². The van der Waals surface area contributed by atoms with Gasteiger partial charge in [0, 0.05) is 18.1 Å². The van der Waals surface area contributed by atoms with Crippen LogP contribution in [-0.4, -0.2) is 56.2 Å². The van der Waals surface area contributed by atoms with Crippen LogP contribution in [0.1, 0.15) is 21.7 Å². The van der Waals surface area contributed by atoms with E-state index in [0.29, 0.717) is 35.2 Å². The summed E-state index contributed by atoms with van der Waals surface area (Å²) in [6, 6.07) is 6.67. The lowest BCUT2D eigenvalue weighted by atomic mass is 10.0. The maximum Gasteiger partial charge on any atom is 0.243 e. The molecule has 8 nitrogen and oxygen atoms in total. The number of hydrogen-bond acceptors (Lipinski definition) is 8. The van der Waals surface area contributed by atoms with Gasteiger partial charge in [0.1, 0.15) is 22.1 Å². The van der Waals surface area contributed by atoms with Gasteiger partial charge in [0.25, 0.3) is 0 Å². The van der Waals surface area contributed by atoms with Gasteiger partial charge in [0.2, 0.25) is 11.7 Å². The van der Waals surface area contributed by atoms with Crippen molar-refractivity contribution in [1.82, 2.24) is 10.3 Å². The molecule has 35 heavy (non-hydrogen) atoms. The number of thiophene rings is 1. The van der Waals surface area contributed by atoms with Crippen LogP contribution >= 0.6 is 34.5 Å². The van der Waals surface area contributed by atoms with Crippen molar-refractivity contribution in [2.75, 3.05) is 32.8 Å². The third-order valence-corrected chi connectivity index (χ3v) is 7.40. The summed E-state index contributed by atoms with van der Waals surface area (Å²) in [5, 5.41) is 7.28. The number of anilines is 1. The average molecular weight is 536 g/mol. The quantitative estimate of drug-likeness (QED) is 0.318. The summed E-state index contributed by atoms with van der Waals surface area (Å²) in [4.78, 5) is 30.9. The first-order valence-corrected chi connectivity index (χ1v) is 12.3. The van der Waals surface area contributed by atoms with Gasteiger partial charge in [-0.2, -0.15) is 0 Å². The summed E-state index contributed by atoms with van der Waals surface area (Å²) in [6.07, 6.45) is 1.92. The molecule has 0 bridgehead atoms. The number of aromatic nitrogens is 1. The zero-order valence-corrected chi connectivity index (χ0v) is 21.4. The Morgan fingerprint density at radius 2 is 1.89 bits per heavy atom. The zero-order valence-electron chi connectivity index (χ0n) is 19.0. The van der Waals surface area contributed by atoms with E-state index in [-0.39, 0.29) is 50.9 Å². The summed E-state index contributed by atoms with van der Waals surface area (Å²) >= 11 is 14.1. The highest BCUT2D eigenvalue weighted by Crippen LogP contribution is 2.42. The number of nitrogens with zero attached hydrogens (tertiary/aromatic N) is 1. The molecule has 1 aliphatic heterocycles. The number of halogens is 2. The predicted octanol–water partition coefficient (Wildman–Crippen LogP) is 4.72. The molecule has 2 aromatic heterocycles. The molecule has 3 heterocycles. The highest BCUT2D eigenvalue weighted by molar-refractivity contribution is 7.20. The number of fused-ring (bicyclic) bond motifs is 1. The topological polar surface area (TPSA) is 98.8 Å². The molecule has 2 N–H and O–H groups in total. The molecule has 1 fully saturated rings. The Morgan fingerprint density at radius 3 is 2.54 bits per heavy atom. The minimum atomic E-state index is -0.359. The molecule has 1 saturated heterocycles. The summed E-state index contributed by atoms with van der Waals surface area (Å²) in [5.41, 5.74) is 0.106. The van der Waals surface area contributed by atoms with E-state index >= 15 is 0 Å². The largest absolute Gasteiger partial charge is 0.495 e. The Hall–Kier alpha value is -2.85. The lowest BCUT2D eigenvalue weighted by Crippen LogP contribution is -2.52. The van der Waals surface area contributed by atoms with Crippen molar-refractivity contribution >= 4 is 62.3 Å². The van der Waals surface area contributed by atoms with Crippen molar-refractivity contribution < 1.29 is 23.8 Å². The average Bonchev–Trinajstić information content (AvgIpc) is 3.29. The van der Waals surface area contributed by atoms with Crippen molar-refractivity contribution in [3.63, 3.8) is 0 Å². The molecule has 3 aromatic rings. The van der Waals surface area contributed by atoms with Gasteiger partial charge in [-0.3, -0.25) is 9.59 Å². The number of hydrogen-bond donors (Lipinski definition) is 2. The fourth-order valence-electron chi connectivity index (χ4n) is 3.80. The zero-order chi connectivity index (χ0) is 25.1.